The van der Waals surface area contributed by atoms with E-state index in [1.54, 1.807) is 25.2 Å². The van der Waals surface area contributed by atoms with Gasteiger partial charge in [0.15, 0.2) is 23.7 Å². The van der Waals surface area contributed by atoms with E-state index >= 15 is 9.18 Å². The molecule has 1 saturated heterocycles. The fourth-order valence-electron chi connectivity index (χ4n) is 6.91. The lowest BCUT2D eigenvalue weighted by atomic mass is 9.78. The van der Waals surface area contributed by atoms with Crippen molar-refractivity contribution in [1.29, 1.82) is 0 Å². The van der Waals surface area contributed by atoms with Crippen molar-refractivity contribution in [1.82, 2.24) is 5.32 Å². The highest BCUT2D eigenvalue weighted by Gasteiger charge is 2.72. The fourth-order valence-corrected chi connectivity index (χ4v) is 8.68. The van der Waals surface area contributed by atoms with E-state index in [1.807, 2.05) is 0 Å². The Morgan fingerprint density at radius 2 is 1.89 bits per heavy atom. The van der Waals surface area contributed by atoms with Crippen molar-refractivity contribution in [3.8, 4) is 23.0 Å². The molecule has 2 amide bonds. The highest BCUT2D eigenvalue weighted by molar-refractivity contribution is 7.93. The first kappa shape index (κ1) is 30.0. The zero-order valence-corrected chi connectivity index (χ0v) is 25.9. The lowest BCUT2D eigenvalue weighted by Gasteiger charge is -2.48. The summed E-state index contributed by atoms with van der Waals surface area (Å²) in [5, 5.41) is 2.80. The Hall–Kier alpha value is -4.07. The average Bonchev–Trinajstić information content (AvgIpc) is 3.68. The number of nitrogens with one attached hydrogen (secondary N) is 1. The molecule has 2 unspecified atom stereocenters. The molecule has 0 aliphatic carbocycles. The van der Waals surface area contributed by atoms with Crippen molar-refractivity contribution in [3.63, 3.8) is 0 Å². The van der Waals surface area contributed by atoms with Crippen LogP contribution >= 0.6 is 11.6 Å². The Morgan fingerprint density at radius 1 is 1.11 bits per heavy atom. The summed E-state index contributed by atoms with van der Waals surface area (Å²) in [4.78, 5) is 28.5. The number of carbonyl (C=O) groups is 2. The minimum absolute atomic E-state index is 0.00824. The van der Waals surface area contributed by atoms with Crippen molar-refractivity contribution < 1.29 is 45.8 Å². The number of halogens is 2. The second kappa shape index (κ2) is 10.5. The number of benzene rings is 3. The lowest BCUT2D eigenvalue weighted by molar-refractivity contribution is -0.953. The summed E-state index contributed by atoms with van der Waals surface area (Å²) in [5.41, 5.74) is -1.65. The Bertz CT molecular complexity index is 1810. The summed E-state index contributed by atoms with van der Waals surface area (Å²) in [7, 11) is 1.03. The Balaban J connectivity index is 1.71. The van der Waals surface area contributed by atoms with Crippen LogP contribution in [0, 0.1) is 0 Å². The van der Waals surface area contributed by atoms with Crippen molar-refractivity contribution in [2.24, 2.45) is 0 Å². The van der Waals surface area contributed by atoms with E-state index in [4.69, 9.17) is 30.5 Å². The van der Waals surface area contributed by atoms with Crippen LogP contribution < -0.4 is 28.6 Å². The Morgan fingerprint density at radius 3 is 2.59 bits per heavy atom. The van der Waals surface area contributed by atoms with Gasteiger partial charge in [0, 0.05) is 24.6 Å². The lowest BCUT2D eigenvalue weighted by Crippen LogP contribution is -2.69. The molecule has 3 aromatic carbocycles. The molecule has 0 aromatic heterocycles. The summed E-state index contributed by atoms with van der Waals surface area (Å²) in [6, 6.07) is 12.3. The Kier molecular flexibility index (Phi) is 7.17. The monoisotopic (exact) mass is 646 g/mol. The zero-order chi connectivity index (χ0) is 31.6. The number of amides is 2. The van der Waals surface area contributed by atoms with Crippen LogP contribution in [0.2, 0.25) is 5.02 Å². The van der Waals surface area contributed by atoms with Gasteiger partial charge in [-0.2, -0.15) is 4.31 Å². The molecule has 0 spiro atoms. The molecule has 44 heavy (non-hydrogen) atoms. The maximum Gasteiger partial charge on any atom is 0.312 e. The van der Waals surface area contributed by atoms with E-state index in [2.05, 4.69) is 5.32 Å². The number of likely N-dealkylation sites (tertiary alicyclic amines) is 1. The molecule has 3 heterocycles. The summed E-state index contributed by atoms with van der Waals surface area (Å²) < 4.78 is 67.1. The summed E-state index contributed by atoms with van der Waals surface area (Å²) in [6.45, 7) is -0.446. The largest absolute Gasteiger partial charge is 0.497 e. The van der Waals surface area contributed by atoms with Crippen LogP contribution in [0.3, 0.4) is 0 Å². The number of rotatable bonds is 7. The van der Waals surface area contributed by atoms with E-state index < -0.39 is 44.1 Å². The Labute approximate surface area is 258 Å². The van der Waals surface area contributed by atoms with Gasteiger partial charge in [0.2, 0.25) is 12.3 Å². The quantitative estimate of drug-likeness (QED) is 0.388. The topological polar surface area (TPSA) is 120 Å². The highest BCUT2D eigenvalue weighted by Crippen LogP contribution is 2.59. The van der Waals surface area contributed by atoms with Crippen LogP contribution in [0.5, 0.6) is 23.0 Å². The maximum atomic E-state index is 15.6. The molecule has 0 saturated carbocycles. The summed E-state index contributed by atoms with van der Waals surface area (Å²) in [6.07, 6.45) is -1.69. The van der Waals surface area contributed by atoms with Crippen LogP contribution in [0.15, 0.2) is 59.5 Å². The maximum absolute atomic E-state index is 15.6. The first-order valence-corrected chi connectivity index (χ1v) is 15.5. The number of alkyl halides is 1. The summed E-state index contributed by atoms with van der Waals surface area (Å²) >= 11 is 6.54. The van der Waals surface area contributed by atoms with Gasteiger partial charge in [0.1, 0.15) is 22.9 Å². The number of anilines is 1. The van der Waals surface area contributed by atoms with Gasteiger partial charge in [-0.25, -0.2) is 12.8 Å². The van der Waals surface area contributed by atoms with E-state index in [9.17, 15) is 13.2 Å². The number of ether oxygens (including phenoxy) is 4. The van der Waals surface area contributed by atoms with Crippen LogP contribution in [-0.4, -0.2) is 78.6 Å². The third-order valence-corrected chi connectivity index (χ3v) is 10.8. The molecule has 1 N–H and O–H groups in total. The standard InChI is InChI=1S/C30H29ClFN3O8S/c1-33-28(36)23-13-18(32)15-35(23,2)30(20-6-5-7-24-27(20)43-16-42-24)21-12-17(31)8-10-22(21)34(29(30)37)44(38,39)26-11-9-19(40-3)14-25(26)41-4/h5-12,14,18,23H,13,15-16H2,1-4H3/p+1/t18-,23+,30?,35?/m1/s1. The van der Waals surface area contributed by atoms with Crippen LogP contribution in [-0.2, 0) is 25.2 Å². The molecule has 232 valence electrons. The smallest absolute Gasteiger partial charge is 0.312 e. The number of quaternary nitrogens is 1. The first-order chi connectivity index (χ1) is 20.9. The van der Waals surface area contributed by atoms with Gasteiger partial charge in [0.05, 0.1) is 38.1 Å². The molecule has 0 radical (unpaired) electrons. The molecule has 3 aliphatic rings. The van der Waals surface area contributed by atoms with Crippen molar-refractivity contribution in [2.45, 2.75) is 29.1 Å². The third kappa shape index (κ3) is 3.99. The normalized spacial score (nSPS) is 25.6. The molecule has 6 rings (SSSR count). The minimum Gasteiger partial charge on any atom is -0.497 e. The van der Waals surface area contributed by atoms with Gasteiger partial charge in [-0.1, -0.05) is 17.7 Å². The number of fused-ring (bicyclic) bond motifs is 2. The number of sulfonamides is 1. The summed E-state index contributed by atoms with van der Waals surface area (Å²) in [5.74, 6) is -0.671. The molecule has 4 atom stereocenters. The number of likely N-dealkylation sites (N-methyl/N-ethyl adjacent to an activating group) is 2. The highest BCUT2D eigenvalue weighted by atomic mass is 35.5. The molecular formula is C30H30ClFN3O8S+. The van der Waals surface area contributed by atoms with Gasteiger partial charge >= 0.3 is 5.91 Å². The fraction of sp³-hybridized carbons (Fsp3) is 0.333. The number of para-hydroxylation sites is 1. The zero-order valence-electron chi connectivity index (χ0n) is 24.3. The average molecular weight is 647 g/mol. The second-order valence-corrected chi connectivity index (χ2v) is 13.1. The number of hydrogen-bond acceptors (Lipinski definition) is 8. The molecule has 11 nitrogen and oxygen atoms in total. The van der Waals surface area contributed by atoms with Gasteiger partial charge in [0.25, 0.3) is 15.9 Å². The molecule has 1 fully saturated rings. The second-order valence-electron chi connectivity index (χ2n) is 10.9. The molecule has 3 aromatic rings. The number of nitrogens with zero attached hydrogens (tertiary/aromatic N) is 2. The predicted molar refractivity (Wildman–Crippen MR) is 157 cm³/mol. The van der Waals surface area contributed by atoms with Crippen LogP contribution in [0.25, 0.3) is 0 Å². The molecule has 14 heteroatoms. The molecular weight excluding hydrogens is 617 g/mol. The van der Waals surface area contributed by atoms with Gasteiger partial charge in [-0.3, -0.25) is 14.1 Å². The van der Waals surface area contributed by atoms with E-state index in [1.165, 1.54) is 57.7 Å². The minimum atomic E-state index is -4.70. The van der Waals surface area contributed by atoms with E-state index in [0.717, 1.165) is 0 Å². The van der Waals surface area contributed by atoms with E-state index in [-0.39, 0.29) is 58.0 Å². The number of methoxy groups -OCH3 is 2. The van der Waals surface area contributed by atoms with E-state index in [0.29, 0.717) is 15.8 Å². The number of hydrogen-bond donors (Lipinski definition) is 1. The molecule has 3 aliphatic heterocycles. The van der Waals surface area contributed by atoms with Crippen LogP contribution in [0.1, 0.15) is 17.5 Å². The van der Waals surface area contributed by atoms with Crippen molar-refractivity contribution in [2.75, 3.05) is 46.0 Å². The molecule has 0 bridgehead atoms. The van der Waals surface area contributed by atoms with Crippen LogP contribution in [0.4, 0.5) is 10.1 Å². The predicted octanol–water partition coefficient (Wildman–Crippen LogP) is 3.37. The van der Waals surface area contributed by atoms with Crippen molar-refractivity contribution >= 4 is 39.1 Å². The SMILES string of the molecule is CNC(=O)[C@@H]1C[C@@H](F)C[N+]1(C)C1(c2cccc3c2OCO3)C(=O)N(S(=O)(=O)c2ccc(OC)cc2OC)c2ccc(Cl)cc21. The van der Waals surface area contributed by atoms with Gasteiger partial charge in [-0.15, -0.1) is 0 Å². The van der Waals surface area contributed by atoms with Gasteiger partial charge < -0.3 is 24.3 Å². The first-order valence-electron chi connectivity index (χ1n) is 13.7. The van der Waals surface area contributed by atoms with Crippen molar-refractivity contribution in [3.05, 3.63) is 70.7 Å². The number of carbonyl (C=O) groups excluding carboxylic acids is 2. The third-order valence-electron chi connectivity index (χ3n) is 8.80. The van der Waals surface area contributed by atoms with Gasteiger partial charge in [-0.05, 0) is 42.5 Å².